The highest BCUT2D eigenvalue weighted by molar-refractivity contribution is 14.0. The Balaban J connectivity index is 0.00000338. The minimum Gasteiger partial charge on any atom is -0.385 e. The summed E-state index contributed by atoms with van der Waals surface area (Å²) in [5.74, 6) is 1.23. The number of benzene rings is 2. The molecule has 2 N–H and O–H groups in total. The number of hydrogen-bond acceptors (Lipinski definition) is 2. The first-order valence-electron chi connectivity index (χ1n) is 8.85. The van der Waals surface area contributed by atoms with Crippen LogP contribution in [0.5, 0.6) is 0 Å². The van der Waals surface area contributed by atoms with Crippen LogP contribution in [0.4, 0.5) is 0 Å². The summed E-state index contributed by atoms with van der Waals surface area (Å²) in [5.41, 5.74) is 2.69. The van der Waals surface area contributed by atoms with Gasteiger partial charge in [-0.05, 0) is 24.0 Å². The molecule has 1 unspecified atom stereocenters. The van der Waals surface area contributed by atoms with Gasteiger partial charge in [-0.3, -0.25) is 4.99 Å². The average Bonchev–Trinajstić information content (AvgIpc) is 2.68. The van der Waals surface area contributed by atoms with Crippen LogP contribution in [0.3, 0.4) is 0 Å². The molecule has 26 heavy (non-hydrogen) atoms. The number of nitrogens with one attached hydrogen (secondary N) is 2. The molecule has 2 rings (SSSR count). The molecule has 0 aliphatic rings. The second kappa shape index (κ2) is 13.6. The standard InChI is InChI=1S/C21H29N3O.HI/c1-22-21(23-14-9-15-25-2)24-17-20(19-12-7-4-8-13-19)16-18-10-5-3-6-11-18;/h3-8,10-13,20H,9,14-17H2,1-2H3,(H2,22,23,24);1H. The molecule has 5 heteroatoms. The molecule has 4 nitrogen and oxygen atoms in total. The number of aliphatic imine (C=N–C) groups is 1. The summed E-state index contributed by atoms with van der Waals surface area (Å²) in [6.07, 6.45) is 1.96. The van der Waals surface area contributed by atoms with Crippen molar-refractivity contribution in [3.05, 3.63) is 71.8 Å². The van der Waals surface area contributed by atoms with Gasteiger partial charge in [0.15, 0.2) is 5.96 Å². The summed E-state index contributed by atoms with van der Waals surface area (Å²) >= 11 is 0. The molecule has 0 fully saturated rings. The predicted molar refractivity (Wildman–Crippen MR) is 121 cm³/mol. The first kappa shape index (κ1) is 22.4. The molecule has 2 aromatic carbocycles. The van der Waals surface area contributed by atoms with Gasteiger partial charge in [0.05, 0.1) is 0 Å². The third-order valence-corrected chi connectivity index (χ3v) is 4.15. The summed E-state index contributed by atoms with van der Waals surface area (Å²) < 4.78 is 5.08. The summed E-state index contributed by atoms with van der Waals surface area (Å²) in [6.45, 7) is 2.44. The van der Waals surface area contributed by atoms with Crippen LogP contribution in [0.2, 0.25) is 0 Å². The van der Waals surface area contributed by atoms with Crippen molar-refractivity contribution in [2.75, 3.05) is 33.9 Å². The van der Waals surface area contributed by atoms with Gasteiger partial charge in [0, 0.05) is 39.8 Å². The van der Waals surface area contributed by atoms with Gasteiger partial charge >= 0.3 is 0 Å². The number of rotatable bonds is 9. The van der Waals surface area contributed by atoms with E-state index < -0.39 is 0 Å². The Morgan fingerprint density at radius 3 is 2.27 bits per heavy atom. The Morgan fingerprint density at radius 1 is 1.00 bits per heavy atom. The Labute approximate surface area is 174 Å². The number of nitrogens with zero attached hydrogens (tertiary/aromatic N) is 1. The summed E-state index contributed by atoms with van der Waals surface area (Å²) in [6, 6.07) is 21.3. The summed E-state index contributed by atoms with van der Waals surface area (Å²) in [7, 11) is 3.53. The fraction of sp³-hybridized carbons (Fsp3) is 0.381. The van der Waals surface area contributed by atoms with Crippen molar-refractivity contribution in [3.63, 3.8) is 0 Å². The number of guanidine groups is 1. The van der Waals surface area contributed by atoms with Gasteiger partial charge in [-0.25, -0.2) is 0 Å². The lowest BCUT2D eigenvalue weighted by Gasteiger charge is -2.20. The molecule has 0 aromatic heterocycles. The van der Waals surface area contributed by atoms with Gasteiger partial charge in [-0.1, -0.05) is 60.7 Å². The lowest BCUT2D eigenvalue weighted by Crippen LogP contribution is -2.40. The number of hydrogen-bond donors (Lipinski definition) is 2. The van der Waals surface area contributed by atoms with Gasteiger partial charge in [0.2, 0.25) is 0 Å². The Hall–Kier alpha value is -1.60. The maximum atomic E-state index is 5.08. The normalized spacial score (nSPS) is 12.2. The molecule has 142 valence electrons. The van der Waals surface area contributed by atoms with E-state index in [0.29, 0.717) is 5.92 Å². The molecule has 0 amide bonds. The number of methoxy groups -OCH3 is 1. The maximum absolute atomic E-state index is 5.08. The molecule has 0 heterocycles. The van der Waals surface area contributed by atoms with Gasteiger partial charge in [-0.15, -0.1) is 24.0 Å². The van der Waals surface area contributed by atoms with Crippen LogP contribution in [0.25, 0.3) is 0 Å². The van der Waals surface area contributed by atoms with E-state index in [4.69, 9.17) is 4.74 Å². The van der Waals surface area contributed by atoms with Crippen LogP contribution in [-0.4, -0.2) is 39.8 Å². The van der Waals surface area contributed by atoms with Gasteiger partial charge in [0.1, 0.15) is 0 Å². The number of halogens is 1. The Morgan fingerprint density at radius 2 is 1.65 bits per heavy atom. The van der Waals surface area contributed by atoms with Crippen LogP contribution in [0.1, 0.15) is 23.5 Å². The van der Waals surface area contributed by atoms with E-state index in [1.807, 2.05) is 0 Å². The third kappa shape index (κ3) is 8.19. The van der Waals surface area contributed by atoms with Crippen LogP contribution in [0.15, 0.2) is 65.7 Å². The van der Waals surface area contributed by atoms with Gasteiger partial charge in [-0.2, -0.15) is 0 Å². The highest BCUT2D eigenvalue weighted by atomic mass is 127. The quantitative estimate of drug-likeness (QED) is 0.255. The molecule has 1 atom stereocenters. The van der Waals surface area contributed by atoms with Crippen molar-refractivity contribution in [2.24, 2.45) is 4.99 Å². The van der Waals surface area contributed by atoms with Crippen molar-refractivity contribution in [2.45, 2.75) is 18.8 Å². The second-order valence-corrected chi connectivity index (χ2v) is 6.02. The minimum atomic E-state index is 0. The van der Waals surface area contributed by atoms with Gasteiger partial charge in [0.25, 0.3) is 0 Å². The first-order valence-corrected chi connectivity index (χ1v) is 8.85. The largest absolute Gasteiger partial charge is 0.385 e. The van der Waals surface area contributed by atoms with E-state index in [1.54, 1.807) is 14.2 Å². The maximum Gasteiger partial charge on any atom is 0.190 e. The molecule has 2 aromatic rings. The topological polar surface area (TPSA) is 45.7 Å². The molecule has 0 radical (unpaired) electrons. The highest BCUT2D eigenvalue weighted by Crippen LogP contribution is 2.20. The van der Waals surface area contributed by atoms with Crippen molar-refractivity contribution in [1.82, 2.24) is 10.6 Å². The van der Waals surface area contributed by atoms with E-state index >= 15 is 0 Å². The van der Waals surface area contributed by atoms with Crippen molar-refractivity contribution < 1.29 is 4.74 Å². The van der Waals surface area contributed by atoms with Crippen molar-refractivity contribution >= 4 is 29.9 Å². The monoisotopic (exact) mass is 467 g/mol. The van der Waals surface area contributed by atoms with E-state index in [2.05, 4.69) is 76.3 Å². The Bertz CT molecular complexity index is 620. The van der Waals surface area contributed by atoms with E-state index in [-0.39, 0.29) is 24.0 Å². The van der Waals surface area contributed by atoms with Crippen molar-refractivity contribution in [3.8, 4) is 0 Å². The lowest BCUT2D eigenvalue weighted by molar-refractivity contribution is 0.195. The zero-order valence-corrected chi connectivity index (χ0v) is 18.0. The zero-order chi connectivity index (χ0) is 17.7. The summed E-state index contributed by atoms with van der Waals surface area (Å²) in [4.78, 5) is 4.31. The van der Waals surface area contributed by atoms with E-state index in [9.17, 15) is 0 Å². The van der Waals surface area contributed by atoms with Crippen LogP contribution in [-0.2, 0) is 11.2 Å². The SMILES string of the molecule is CN=C(NCCCOC)NCC(Cc1ccccc1)c1ccccc1.I. The molecule has 0 saturated carbocycles. The van der Waals surface area contributed by atoms with Crippen LogP contribution < -0.4 is 10.6 Å². The predicted octanol–water partition coefficient (Wildman–Crippen LogP) is 3.83. The second-order valence-electron chi connectivity index (χ2n) is 6.02. The molecule has 0 spiro atoms. The average molecular weight is 467 g/mol. The van der Waals surface area contributed by atoms with Gasteiger partial charge < -0.3 is 15.4 Å². The summed E-state index contributed by atoms with van der Waals surface area (Å²) in [5, 5.41) is 6.80. The van der Waals surface area contributed by atoms with E-state index in [1.165, 1.54) is 11.1 Å². The first-order chi connectivity index (χ1) is 12.3. The smallest absolute Gasteiger partial charge is 0.190 e. The van der Waals surface area contributed by atoms with Crippen LogP contribution in [0, 0.1) is 0 Å². The molecule has 0 saturated heterocycles. The van der Waals surface area contributed by atoms with E-state index in [0.717, 1.165) is 38.5 Å². The molecule has 0 aliphatic heterocycles. The number of ether oxygens (including phenoxy) is 1. The third-order valence-electron chi connectivity index (χ3n) is 4.15. The molecule has 0 bridgehead atoms. The highest BCUT2D eigenvalue weighted by Gasteiger charge is 2.13. The minimum absolute atomic E-state index is 0. The Kier molecular flexibility index (Phi) is 11.7. The van der Waals surface area contributed by atoms with Crippen molar-refractivity contribution in [1.29, 1.82) is 0 Å². The molecule has 0 aliphatic carbocycles. The fourth-order valence-corrected chi connectivity index (χ4v) is 2.80. The zero-order valence-electron chi connectivity index (χ0n) is 15.7. The molecular weight excluding hydrogens is 437 g/mol. The lowest BCUT2D eigenvalue weighted by atomic mass is 9.92. The molecular formula is C21H30IN3O. The fourth-order valence-electron chi connectivity index (χ4n) is 2.80. The van der Waals surface area contributed by atoms with Crippen LogP contribution >= 0.6 is 24.0 Å².